The number of fused-ring (bicyclic) bond motifs is 9. The van der Waals surface area contributed by atoms with Gasteiger partial charge in [0.25, 0.3) is 5.91 Å². The Morgan fingerprint density at radius 3 is 2.50 bits per heavy atom. The molecule has 0 saturated heterocycles. The molecule has 3 aliphatic rings. The summed E-state index contributed by atoms with van der Waals surface area (Å²) in [7, 11) is 0. The molecule has 0 spiro atoms. The molecule has 0 bridgehead atoms. The summed E-state index contributed by atoms with van der Waals surface area (Å²) in [6.45, 7) is 6.89. The van der Waals surface area contributed by atoms with Crippen molar-refractivity contribution in [1.29, 1.82) is 0 Å². The smallest absolute Gasteiger partial charge is 0.251 e. The van der Waals surface area contributed by atoms with Crippen LogP contribution in [0.2, 0.25) is 0 Å². The van der Waals surface area contributed by atoms with E-state index in [1.807, 2.05) is 18.2 Å². The number of ether oxygens (including phenoxy) is 1. The third kappa shape index (κ3) is 3.85. The van der Waals surface area contributed by atoms with Crippen LogP contribution in [0.3, 0.4) is 0 Å². The summed E-state index contributed by atoms with van der Waals surface area (Å²) in [5, 5.41) is 5.45. The molecule has 7 rings (SSSR count). The van der Waals surface area contributed by atoms with E-state index in [0.717, 1.165) is 57.9 Å². The maximum Gasteiger partial charge on any atom is 0.251 e. The fraction of sp³-hybridized carbons (Fsp3) is 0.485. The van der Waals surface area contributed by atoms with Gasteiger partial charge in [-0.1, -0.05) is 56.9 Å². The van der Waals surface area contributed by atoms with Crippen LogP contribution in [-0.2, 0) is 0 Å². The molecule has 2 saturated carbocycles. The molecule has 0 radical (unpaired) electrons. The zero-order valence-electron chi connectivity index (χ0n) is 22.7. The normalized spacial score (nSPS) is 25.1. The monoisotopic (exact) mass is 507 g/mol. The number of carbonyl (C=O) groups excluding carboxylic acids is 1. The lowest BCUT2D eigenvalue weighted by atomic mass is 9.64. The number of nitrogens with zero attached hydrogens (tertiary/aromatic N) is 2. The Kier molecular flexibility index (Phi) is 5.61. The standard InChI is InChI=1S/C33H37N3O2/c1-19-13-15-25-24(17-19)28-30-29(22-11-7-8-12-23(22)31(28)38-33(25,2)3)35-26-16-14-20(18-27(26)36-30)32(37)34-21-9-5-4-6-10-21/h7-8,11-12,14,16,18-19,21,24-25H,4-6,9-10,13,15,17H2,1-3H3,(H,34,37)/t19-,24-,25-/m0/s1. The van der Waals surface area contributed by atoms with Crippen molar-refractivity contribution in [3.63, 3.8) is 0 Å². The molecule has 1 amide bonds. The van der Waals surface area contributed by atoms with E-state index in [-0.39, 0.29) is 17.6 Å². The van der Waals surface area contributed by atoms with Crippen molar-refractivity contribution in [2.75, 3.05) is 0 Å². The second kappa shape index (κ2) is 8.93. The summed E-state index contributed by atoms with van der Waals surface area (Å²) in [5.41, 5.74) is 5.12. The Morgan fingerprint density at radius 1 is 0.921 bits per heavy atom. The first-order valence-corrected chi connectivity index (χ1v) is 14.5. The van der Waals surface area contributed by atoms with Crippen LogP contribution in [0.4, 0.5) is 0 Å². The van der Waals surface area contributed by atoms with Gasteiger partial charge in [-0.05, 0) is 69.6 Å². The van der Waals surface area contributed by atoms with E-state index in [1.165, 1.54) is 37.7 Å². The molecule has 0 unspecified atom stereocenters. The molecular formula is C33H37N3O2. The number of hydrogen-bond acceptors (Lipinski definition) is 4. The van der Waals surface area contributed by atoms with Gasteiger partial charge in [0, 0.05) is 33.9 Å². The molecule has 196 valence electrons. The van der Waals surface area contributed by atoms with Crippen LogP contribution < -0.4 is 10.1 Å². The van der Waals surface area contributed by atoms with Gasteiger partial charge in [-0.2, -0.15) is 0 Å². The second-order valence-electron chi connectivity index (χ2n) is 12.6. The SMILES string of the molecule is C[C@H]1CC[C@H]2[C@H](C1)c1c(c3ccccc3c3nc4ccc(C(=O)NC5CCCCC5)cc4nc13)OC2(C)C. The molecule has 38 heavy (non-hydrogen) atoms. The van der Waals surface area contributed by atoms with Gasteiger partial charge in [0.15, 0.2) is 0 Å². The van der Waals surface area contributed by atoms with E-state index in [1.54, 1.807) is 0 Å². The predicted octanol–water partition coefficient (Wildman–Crippen LogP) is 7.69. The minimum Gasteiger partial charge on any atom is -0.487 e. The Labute approximate surface area is 224 Å². The number of aromatic nitrogens is 2. The Bertz CT molecular complexity index is 1570. The molecule has 5 heteroatoms. The maximum atomic E-state index is 13.1. The molecule has 3 atom stereocenters. The second-order valence-corrected chi connectivity index (χ2v) is 12.6. The molecule has 2 aliphatic carbocycles. The molecule has 4 aromatic rings. The molecular weight excluding hydrogens is 470 g/mol. The zero-order chi connectivity index (χ0) is 26.0. The summed E-state index contributed by atoms with van der Waals surface area (Å²) in [5.74, 6) is 2.47. The maximum absolute atomic E-state index is 13.1. The van der Waals surface area contributed by atoms with Crippen molar-refractivity contribution in [3.05, 3.63) is 53.6 Å². The predicted molar refractivity (Wildman–Crippen MR) is 153 cm³/mol. The van der Waals surface area contributed by atoms with Crippen molar-refractivity contribution in [3.8, 4) is 5.75 Å². The fourth-order valence-corrected chi connectivity index (χ4v) is 7.55. The van der Waals surface area contributed by atoms with Gasteiger partial charge >= 0.3 is 0 Å². The van der Waals surface area contributed by atoms with E-state index in [2.05, 4.69) is 50.4 Å². The quantitative estimate of drug-likeness (QED) is 0.223. The van der Waals surface area contributed by atoms with Crippen LogP contribution in [-0.4, -0.2) is 27.5 Å². The highest BCUT2D eigenvalue weighted by Crippen LogP contribution is 2.56. The van der Waals surface area contributed by atoms with Gasteiger partial charge in [0.1, 0.15) is 11.4 Å². The lowest BCUT2D eigenvalue weighted by Crippen LogP contribution is -2.46. The number of hydrogen-bond donors (Lipinski definition) is 1. The van der Waals surface area contributed by atoms with E-state index < -0.39 is 0 Å². The number of carbonyl (C=O) groups is 1. The minimum atomic E-state index is -0.233. The number of nitrogens with one attached hydrogen (secondary N) is 1. The van der Waals surface area contributed by atoms with Crippen molar-refractivity contribution < 1.29 is 9.53 Å². The van der Waals surface area contributed by atoms with Crippen molar-refractivity contribution in [2.24, 2.45) is 11.8 Å². The van der Waals surface area contributed by atoms with Gasteiger partial charge in [-0.3, -0.25) is 4.79 Å². The lowest BCUT2D eigenvalue weighted by molar-refractivity contribution is -0.0115. The average molecular weight is 508 g/mol. The third-order valence-corrected chi connectivity index (χ3v) is 9.53. The first-order valence-electron chi connectivity index (χ1n) is 14.5. The highest BCUT2D eigenvalue weighted by Gasteiger charge is 2.47. The first-order chi connectivity index (χ1) is 18.4. The Balaban J connectivity index is 1.42. The van der Waals surface area contributed by atoms with Gasteiger partial charge < -0.3 is 10.1 Å². The number of amides is 1. The molecule has 1 aromatic heterocycles. The van der Waals surface area contributed by atoms with E-state index in [0.29, 0.717) is 23.3 Å². The molecule has 1 N–H and O–H groups in total. The van der Waals surface area contributed by atoms with Gasteiger partial charge in [0.05, 0.1) is 22.1 Å². The van der Waals surface area contributed by atoms with Crippen LogP contribution in [0.1, 0.15) is 94.0 Å². The highest BCUT2D eigenvalue weighted by atomic mass is 16.5. The number of benzene rings is 3. The third-order valence-electron chi connectivity index (χ3n) is 9.53. The largest absolute Gasteiger partial charge is 0.487 e. The zero-order valence-corrected chi connectivity index (χ0v) is 22.7. The summed E-state index contributed by atoms with van der Waals surface area (Å²) in [6.07, 6.45) is 9.34. The van der Waals surface area contributed by atoms with Crippen LogP contribution in [0, 0.1) is 11.8 Å². The molecule has 3 aromatic carbocycles. The average Bonchev–Trinajstić information content (AvgIpc) is 2.92. The Morgan fingerprint density at radius 2 is 1.68 bits per heavy atom. The van der Waals surface area contributed by atoms with Crippen LogP contribution in [0.5, 0.6) is 5.75 Å². The van der Waals surface area contributed by atoms with Crippen LogP contribution in [0.15, 0.2) is 42.5 Å². The van der Waals surface area contributed by atoms with Crippen molar-refractivity contribution in [1.82, 2.24) is 15.3 Å². The summed E-state index contributed by atoms with van der Waals surface area (Å²) in [4.78, 5) is 23.6. The topological polar surface area (TPSA) is 64.1 Å². The van der Waals surface area contributed by atoms with E-state index in [9.17, 15) is 4.79 Å². The molecule has 2 fully saturated rings. The summed E-state index contributed by atoms with van der Waals surface area (Å²) >= 11 is 0. The highest BCUT2D eigenvalue weighted by molar-refractivity contribution is 6.11. The van der Waals surface area contributed by atoms with Gasteiger partial charge in [0.2, 0.25) is 0 Å². The van der Waals surface area contributed by atoms with Gasteiger partial charge in [-0.15, -0.1) is 0 Å². The van der Waals surface area contributed by atoms with Crippen molar-refractivity contribution in [2.45, 2.75) is 89.7 Å². The Hall–Kier alpha value is -3.21. The first kappa shape index (κ1) is 23.9. The summed E-state index contributed by atoms with van der Waals surface area (Å²) in [6, 6.07) is 14.5. The fourth-order valence-electron chi connectivity index (χ4n) is 7.55. The summed E-state index contributed by atoms with van der Waals surface area (Å²) < 4.78 is 6.87. The minimum absolute atomic E-state index is 0.00695. The van der Waals surface area contributed by atoms with Crippen LogP contribution >= 0.6 is 0 Å². The molecule has 2 heterocycles. The van der Waals surface area contributed by atoms with Crippen molar-refractivity contribution >= 4 is 38.7 Å². The van der Waals surface area contributed by atoms with Gasteiger partial charge in [-0.25, -0.2) is 9.97 Å². The number of rotatable bonds is 2. The van der Waals surface area contributed by atoms with Crippen LogP contribution in [0.25, 0.3) is 32.8 Å². The molecule has 1 aliphatic heterocycles. The van der Waals surface area contributed by atoms with E-state index in [4.69, 9.17) is 14.7 Å². The molecule has 5 nitrogen and oxygen atoms in total. The lowest BCUT2D eigenvalue weighted by Gasteiger charge is -2.49. The van der Waals surface area contributed by atoms with E-state index >= 15 is 0 Å².